The lowest BCUT2D eigenvalue weighted by Crippen LogP contribution is -2.57. The fourth-order valence-electron chi connectivity index (χ4n) is 12.1. The number of hydrogen-bond donors (Lipinski definition) is 4. The molecule has 6 nitrogen and oxygen atoms in total. The quantitative estimate of drug-likeness (QED) is 0.163. The van der Waals surface area contributed by atoms with Gasteiger partial charge in [0.2, 0.25) is 5.78 Å². The SMILES string of the molecule is CC1(C)CC(C)(C)CC2(C1)N=c1/c(=C3\C(=O)C(c4ccc5cccc6c5c4NC4(CC(C)(C)CC(C)(C)C4)N6)=C3O)ccc3cccc(c13)N2. The van der Waals surface area contributed by atoms with E-state index in [4.69, 9.17) is 4.99 Å². The second kappa shape index (κ2) is 9.71. The van der Waals surface area contributed by atoms with Crippen LogP contribution in [-0.2, 0) is 4.79 Å². The van der Waals surface area contributed by atoms with Crippen molar-refractivity contribution in [2.45, 2.75) is 105 Å². The van der Waals surface area contributed by atoms with Crippen molar-refractivity contribution >= 4 is 55.5 Å². The normalized spacial score (nSPS) is 25.4. The van der Waals surface area contributed by atoms with Crippen LogP contribution in [0, 0.1) is 21.7 Å². The molecule has 4 N–H and O–H groups in total. The highest BCUT2D eigenvalue weighted by Gasteiger charge is 2.51. The molecular weight excluding hydrogens is 617 g/mol. The van der Waals surface area contributed by atoms with Crippen molar-refractivity contribution in [1.29, 1.82) is 0 Å². The third kappa shape index (κ3) is 4.73. The number of nitrogens with one attached hydrogen (secondary N) is 3. The summed E-state index contributed by atoms with van der Waals surface area (Å²) in [6.07, 6.45) is 5.92. The molecule has 0 saturated heterocycles. The zero-order valence-electron chi connectivity index (χ0n) is 30.8. The Hall–Kier alpha value is -4.32. The molecule has 0 radical (unpaired) electrons. The minimum absolute atomic E-state index is 0.0573. The summed E-state index contributed by atoms with van der Waals surface area (Å²) in [6.45, 7) is 18.8. The molecule has 3 aliphatic carbocycles. The van der Waals surface area contributed by atoms with E-state index < -0.39 is 5.66 Å². The Morgan fingerprint density at radius 2 is 1.16 bits per heavy atom. The second-order valence-corrected chi connectivity index (χ2v) is 19.5. The summed E-state index contributed by atoms with van der Waals surface area (Å²) in [5.41, 5.74) is 4.10. The van der Waals surface area contributed by atoms with Gasteiger partial charge in [-0.1, -0.05) is 104 Å². The maximum atomic E-state index is 14.6. The van der Waals surface area contributed by atoms with Gasteiger partial charge < -0.3 is 21.1 Å². The molecule has 0 bridgehead atoms. The predicted molar refractivity (Wildman–Crippen MR) is 206 cm³/mol. The molecule has 0 aromatic heterocycles. The molecule has 4 aromatic rings. The molecule has 2 heterocycles. The highest BCUT2D eigenvalue weighted by molar-refractivity contribution is 6.52. The number of nitrogens with zero attached hydrogens (tertiary/aromatic N) is 1. The fraction of sp³-hybridized carbons (Fsp3) is 0.455. The molecule has 0 unspecified atom stereocenters. The van der Waals surface area contributed by atoms with Crippen molar-refractivity contribution in [2.24, 2.45) is 26.7 Å². The van der Waals surface area contributed by atoms with Gasteiger partial charge in [-0.15, -0.1) is 0 Å². The Morgan fingerprint density at radius 1 is 0.600 bits per heavy atom. The third-order valence-electron chi connectivity index (χ3n) is 12.0. The Balaban J connectivity index is 1.25. The minimum Gasteiger partial charge on any atom is -0.506 e. The molecule has 4 aromatic carbocycles. The molecule has 5 aliphatic rings. The number of anilines is 3. The highest BCUT2D eigenvalue weighted by Crippen LogP contribution is 2.56. The predicted octanol–water partition coefficient (Wildman–Crippen LogP) is 9.44. The van der Waals surface area contributed by atoms with Gasteiger partial charge in [-0.2, -0.15) is 0 Å². The van der Waals surface area contributed by atoms with Crippen LogP contribution in [0.3, 0.4) is 0 Å². The summed E-state index contributed by atoms with van der Waals surface area (Å²) < 4.78 is 0. The van der Waals surface area contributed by atoms with Gasteiger partial charge in [-0.05, 0) is 83.1 Å². The van der Waals surface area contributed by atoms with E-state index in [9.17, 15) is 9.90 Å². The van der Waals surface area contributed by atoms with E-state index in [1.54, 1.807) is 0 Å². The van der Waals surface area contributed by atoms with Gasteiger partial charge >= 0.3 is 0 Å². The van der Waals surface area contributed by atoms with Crippen LogP contribution in [0.5, 0.6) is 0 Å². The third-order valence-corrected chi connectivity index (χ3v) is 12.0. The molecule has 258 valence electrons. The summed E-state index contributed by atoms with van der Waals surface area (Å²) in [7, 11) is 0. The van der Waals surface area contributed by atoms with Crippen molar-refractivity contribution < 1.29 is 9.90 Å². The number of benzene rings is 4. The molecule has 2 saturated carbocycles. The summed E-state index contributed by atoms with van der Waals surface area (Å²) >= 11 is 0. The van der Waals surface area contributed by atoms with E-state index in [2.05, 4.69) is 120 Å². The molecule has 0 atom stereocenters. The zero-order valence-corrected chi connectivity index (χ0v) is 30.8. The van der Waals surface area contributed by atoms with Crippen molar-refractivity contribution in [3.63, 3.8) is 0 Å². The smallest absolute Gasteiger partial charge is 0.201 e. The molecule has 9 rings (SSSR count). The number of Topliss-reactive ketones (excluding diaryl/α,β-unsaturated/α-hetero) is 1. The van der Waals surface area contributed by atoms with Gasteiger partial charge in [0.25, 0.3) is 0 Å². The van der Waals surface area contributed by atoms with Crippen LogP contribution in [0.1, 0.15) is 99.5 Å². The minimum atomic E-state index is -0.496. The van der Waals surface area contributed by atoms with Crippen LogP contribution in [0.25, 0.3) is 32.7 Å². The average Bonchev–Trinajstić information content (AvgIpc) is 2.96. The maximum absolute atomic E-state index is 14.6. The monoisotopic (exact) mass is 666 g/mol. The highest BCUT2D eigenvalue weighted by atomic mass is 16.3. The van der Waals surface area contributed by atoms with Crippen LogP contribution in [0.4, 0.5) is 17.1 Å². The summed E-state index contributed by atoms with van der Waals surface area (Å²) in [4.78, 5) is 20.1. The molecule has 50 heavy (non-hydrogen) atoms. The molecular formula is C44H50N4O2. The van der Waals surface area contributed by atoms with Crippen LogP contribution in [-0.4, -0.2) is 22.2 Å². The number of hydrogen-bond acceptors (Lipinski definition) is 6. The lowest BCUT2D eigenvalue weighted by Gasteiger charge is -2.55. The second-order valence-electron chi connectivity index (χ2n) is 19.5. The van der Waals surface area contributed by atoms with Crippen molar-refractivity contribution in [1.82, 2.24) is 0 Å². The molecule has 2 fully saturated rings. The van der Waals surface area contributed by atoms with Crippen molar-refractivity contribution in [2.75, 3.05) is 16.0 Å². The average molecular weight is 667 g/mol. The standard InChI is InChI=1S/C44H50N4O2/c1-39(2)19-40(3,4)22-43(21-39)45-29-13-9-11-25-15-17-27(35(47-43)31(25)29)33-37(49)34(38(33)50)28-18-16-26-12-10-14-30-32(26)36(28)48-44(46-30)23-41(5,6)20-42(7,8)24-44/h9-18,45-47,49H,19-24H2,1-8H3/b34-28-. The molecule has 2 aliphatic heterocycles. The van der Waals surface area contributed by atoms with Crippen molar-refractivity contribution in [3.05, 3.63) is 82.6 Å². The Bertz CT molecular complexity index is 2330. The van der Waals surface area contributed by atoms with Gasteiger partial charge in [-0.3, -0.25) is 9.79 Å². The van der Waals surface area contributed by atoms with Crippen molar-refractivity contribution in [3.8, 4) is 0 Å². The number of aliphatic hydroxyl groups excluding tert-OH is 1. The first-order valence-electron chi connectivity index (χ1n) is 18.4. The zero-order chi connectivity index (χ0) is 35.2. The van der Waals surface area contributed by atoms with Gasteiger partial charge in [0.1, 0.15) is 17.1 Å². The van der Waals surface area contributed by atoms with Crippen LogP contribution in [0.15, 0.2) is 71.4 Å². The van der Waals surface area contributed by atoms with E-state index in [-0.39, 0.29) is 38.9 Å². The first-order chi connectivity index (χ1) is 23.4. The van der Waals surface area contributed by atoms with Gasteiger partial charge in [-0.25, -0.2) is 0 Å². The topological polar surface area (TPSA) is 85.8 Å². The molecule has 2 spiro atoms. The molecule has 0 amide bonds. The van der Waals surface area contributed by atoms with Gasteiger partial charge in [0.15, 0.2) is 0 Å². The lowest BCUT2D eigenvalue weighted by molar-refractivity contribution is -0.109. The van der Waals surface area contributed by atoms with E-state index in [1.165, 1.54) is 0 Å². The number of ketones is 1. The van der Waals surface area contributed by atoms with Gasteiger partial charge in [0, 0.05) is 32.9 Å². The van der Waals surface area contributed by atoms with E-state index in [0.717, 1.165) is 93.3 Å². The lowest BCUT2D eigenvalue weighted by atomic mass is 9.60. The summed E-state index contributed by atoms with van der Waals surface area (Å²) in [5.74, 6) is -0.0728. The Kier molecular flexibility index (Phi) is 6.15. The van der Waals surface area contributed by atoms with E-state index in [1.807, 2.05) is 12.1 Å². The summed E-state index contributed by atoms with van der Waals surface area (Å²) in [6, 6.07) is 20.8. The Labute approximate surface area is 295 Å². The molecule has 6 heteroatoms. The number of allylic oxidation sites excluding steroid dienone is 2. The van der Waals surface area contributed by atoms with Gasteiger partial charge in [0.05, 0.1) is 22.2 Å². The van der Waals surface area contributed by atoms with Crippen LogP contribution in [0.2, 0.25) is 0 Å². The largest absolute Gasteiger partial charge is 0.506 e. The van der Waals surface area contributed by atoms with E-state index >= 15 is 0 Å². The number of carbonyl (C=O) groups excluding carboxylic acids is 1. The summed E-state index contributed by atoms with van der Waals surface area (Å²) in [5, 5.41) is 29.6. The maximum Gasteiger partial charge on any atom is 0.201 e. The first-order valence-corrected chi connectivity index (χ1v) is 18.4. The van der Waals surface area contributed by atoms with Crippen LogP contribution < -0.4 is 26.5 Å². The number of aliphatic hydroxyl groups is 1. The first kappa shape index (κ1) is 31.6. The van der Waals surface area contributed by atoms with Crippen LogP contribution >= 0.6 is 0 Å². The number of rotatable bonds is 1. The fourth-order valence-corrected chi connectivity index (χ4v) is 12.1. The van der Waals surface area contributed by atoms with E-state index in [0.29, 0.717) is 11.1 Å². The number of carbonyl (C=O) groups is 1. The Morgan fingerprint density at radius 3 is 1.78 bits per heavy atom.